The second kappa shape index (κ2) is 8.12. The molecule has 0 saturated carbocycles. The first-order valence-corrected chi connectivity index (χ1v) is 10.00. The summed E-state index contributed by atoms with van der Waals surface area (Å²) in [4.78, 5) is 0.196. The molecule has 0 saturated heterocycles. The lowest BCUT2D eigenvalue weighted by Gasteiger charge is -2.04. The van der Waals surface area contributed by atoms with E-state index in [1.54, 1.807) is 12.1 Å². The molecule has 0 aliphatic rings. The van der Waals surface area contributed by atoms with Crippen molar-refractivity contribution < 1.29 is 28.8 Å². The Balaban J connectivity index is 0.000000176. The maximum absolute atomic E-state index is 12.1. The van der Waals surface area contributed by atoms with Crippen molar-refractivity contribution >= 4 is 20.6 Å². The van der Waals surface area contributed by atoms with E-state index in [1.165, 1.54) is 54.6 Å². The minimum atomic E-state index is -3.59. The highest BCUT2D eigenvalue weighted by atomic mass is 32.2. The first-order valence-electron chi connectivity index (χ1n) is 8.52. The molecule has 0 fully saturated rings. The zero-order chi connectivity index (χ0) is 21.0. The second-order valence-electron chi connectivity index (χ2n) is 6.15. The van der Waals surface area contributed by atoms with Crippen molar-refractivity contribution in [1.29, 1.82) is 0 Å². The molecule has 4 aromatic rings. The lowest BCUT2D eigenvalue weighted by atomic mass is 10.1. The van der Waals surface area contributed by atoms with Gasteiger partial charge in [0.2, 0.25) is 9.84 Å². The van der Waals surface area contributed by atoms with Crippen molar-refractivity contribution in [2.75, 3.05) is 0 Å². The van der Waals surface area contributed by atoms with Gasteiger partial charge in [-0.25, -0.2) is 8.42 Å². The largest absolute Gasteiger partial charge is 0.508 e. The van der Waals surface area contributed by atoms with Crippen LogP contribution in [0.3, 0.4) is 0 Å². The normalized spacial score (nSPS) is 10.9. The topological polar surface area (TPSA) is 115 Å². The summed E-state index contributed by atoms with van der Waals surface area (Å²) in [5, 5.41) is 38.4. The van der Waals surface area contributed by atoms with E-state index in [2.05, 4.69) is 0 Å². The summed E-state index contributed by atoms with van der Waals surface area (Å²) < 4.78 is 24.2. The van der Waals surface area contributed by atoms with Gasteiger partial charge in [0, 0.05) is 5.39 Å². The van der Waals surface area contributed by atoms with Gasteiger partial charge in [-0.1, -0.05) is 30.3 Å². The summed E-state index contributed by atoms with van der Waals surface area (Å²) in [6.45, 7) is 0. The van der Waals surface area contributed by atoms with Crippen molar-refractivity contribution in [2.24, 2.45) is 0 Å². The van der Waals surface area contributed by atoms with E-state index in [0.29, 0.717) is 5.39 Å². The molecule has 4 aromatic carbocycles. The molecule has 29 heavy (non-hydrogen) atoms. The van der Waals surface area contributed by atoms with Crippen LogP contribution in [0, 0.1) is 0 Å². The molecule has 4 rings (SSSR count). The van der Waals surface area contributed by atoms with Crippen molar-refractivity contribution in [3.05, 3.63) is 84.9 Å². The maximum atomic E-state index is 12.1. The Morgan fingerprint density at radius 1 is 0.552 bits per heavy atom. The van der Waals surface area contributed by atoms with Gasteiger partial charge in [0.1, 0.15) is 11.5 Å². The van der Waals surface area contributed by atoms with Crippen LogP contribution in [-0.4, -0.2) is 28.8 Å². The smallest absolute Gasteiger partial charge is 0.206 e. The lowest BCUT2D eigenvalue weighted by Crippen LogP contribution is -2.01. The molecule has 0 bridgehead atoms. The summed E-state index contributed by atoms with van der Waals surface area (Å²) in [5.74, 6) is -0.105. The first-order chi connectivity index (χ1) is 13.8. The van der Waals surface area contributed by atoms with E-state index in [0.717, 1.165) is 5.39 Å². The van der Waals surface area contributed by atoms with Crippen LogP contribution < -0.4 is 0 Å². The Bertz CT molecular complexity index is 1180. The fraction of sp³-hybridized carbons (Fsp3) is 0. The summed E-state index contributed by atoms with van der Waals surface area (Å²) >= 11 is 0. The van der Waals surface area contributed by atoms with Crippen molar-refractivity contribution in [3.63, 3.8) is 0 Å². The third-order valence-corrected chi connectivity index (χ3v) is 5.96. The molecular weight excluding hydrogens is 392 g/mol. The van der Waals surface area contributed by atoms with Gasteiger partial charge in [-0.3, -0.25) is 0 Å². The molecule has 0 heterocycles. The van der Waals surface area contributed by atoms with E-state index in [9.17, 15) is 13.5 Å². The Hall–Kier alpha value is -3.71. The van der Waals surface area contributed by atoms with Crippen LogP contribution in [-0.2, 0) is 9.84 Å². The monoisotopic (exact) mass is 410 g/mol. The number of aromatic hydroxyl groups is 4. The Labute approximate surface area is 167 Å². The van der Waals surface area contributed by atoms with E-state index in [-0.39, 0.29) is 32.8 Å². The van der Waals surface area contributed by atoms with Gasteiger partial charge in [-0.15, -0.1) is 0 Å². The molecule has 0 radical (unpaired) electrons. The fourth-order valence-corrected chi connectivity index (χ4v) is 3.89. The van der Waals surface area contributed by atoms with E-state index in [4.69, 9.17) is 15.3 Å². The highest BCUT2D eigenvalue weighted by molar-refractivity contribution is 7.91. The number of fused-ring (bicyclic) bond motifs is 1. The Kier molecular flexibility index (Phi) is 5.61. The maximum Gasteiger partial charge on any atom is 0.206 e. The highest BCUT2D eigenvalue weighted by Crippen LogP contribution is 2.32. The van der Waals surface area contributed by atoms with E-state index in [1.807, 2.05) is 18.2 Å². The Morgan fingerprint density at radius 3 is 1.55 bits per heavy atom. The van der Waals surface area contributed by atoms with E-state index >= 15 is 0 Å². The van der Waals surface area contributed by atoms with Gasteiger partial charge < -0.3 is 20.4 Å². The number of benzene rings is 4. The number of sulfone groups is 1. The van der Waals surface area contributed by atoms with Crippen LogP contribution in [0.5, 0.6) is 23.0 Å². The van der Waals surface area contributed by atoms with Crippen LogP contribution in [0.1, 0.15) is 0 Å². The zero-order valence-corrected chi connectivity index (χ0v) is 15.9. The van der Waals surface area contributed by atoms with Crippen LogP contribution in [0.15, 0.2) is 94.7 Å². The second-order valence-corrected chi connectivity index (χ2v) is 8.10. The molecule has 0 aliphatic heterocycles. The number of hydrogen-bond acceptors (Lipinski definition) is 6. The minimum Gasteiger partial charge on any atom is -0.508 e. The summed E-state index contributed by atoms with van der Waals surface area (Å²) in [7, 11) is -3.59. The van der Waals surface area contributed by atoms with Gasteiger partial charge in [-0.05, 0) is 60.0 Å². The van der Waals surface area contributed by atoms with Gasteiger partial charge in [0.05, 0.1) is 9.79 Å². The first kappa shape index (κ1) is 20.0. The molecule has 0 atom stereocenters. The third kappa shape index (κ3) is 4.41. The standard InChI is InChI=1S/C12H10O4S.C10H8O2/c13-9-1-5-11(6-2-9)17(15,16)12-7-3-10(14)4-8-12;11-9-6-5-7-3-1-2-4-8(7)10(9)12/h1-8,13-14H;1-6,11-12H. The molecule has 0 unspecified atom stereocenters. The Morgan fingerprint density at radius 2 is 1.03 bits per heavy atom. The quantitative estimate of drug-likeness (QED) is 0.369. The van der Waals surface area contributed by atoms with Crippen molar-refractivity contribution in [2.45, 2.75) is 9.79 Å². The van der Waals surface area contributed by atoms with Crippen LogP contribution in [0.4, 0.5) is 0 Å². The van der Waals surface area contributed by atoms with Crippen LogP contribution in [0.2, 0.25) is 0 Å². The molecule has 0 aromatic heterocycles. The van der Waals surface area contributed by atoms with Crippen LogP contribution >= 0.6 is 0 Å². The van der Waals surface area contributed by atoms with E-state index < -0.39 is 9.84 Å². The predicted molar refractivity (Wildman–Crippen MR) is 109 cm³/mol. The zero-order valence-electron chi connectivity index (χ0n) is 15.1. The molecule has 7 heteroatoms. The van der Waals surface area contributed by atoms with Crippen molar-refractivity contribution in [1.82, 2.24) is 0 Å². The van der Waals surface area contributed by atoms with Gasteiger partial charge in [0.25, 0.3) is 0 Å². The predicted octanol–water partition coefficient (Wildman–Crippen LogP) is 4.18. The van der Waals surface area contributed by atoms with Crippen molar-refractivity contribution in [3.8, 4) is 23.0 Å². The number of phenolic OH excluding ortho intramolecular Hbond substituents is 4. The molecule has 0 aliphatic carbocycles. The summed E-state index contributed by atoms with van der Waals surface area (Å²) in [6.07, 6.45) is 0. The SMILES string of the molecule is O=S(=O)(c1ccc(O)cc1)c1ccc(O)cc1.Oc1ccc2ccccc2c1O. The lowest BCUT2D eigenvalue weighted by molar-refractivity contribution is 0.408. The van der Waals surface area contributed by atoms with Crippen LogP contribution in [0.25, 0.3) is 10.8 Å². The van der Waals surface area contributed by atoms with Gasteiger partial charge >= 0.3 is 0 Å². The number of rotatable bonds is 2. The molecule has 4 N–H and O–H groups in total. The van der Waals surface area contributed by atoms with Gasteiger partial charge in [-0.2, -0.15) is 0 Å². The number of hydrogen-bond donors (Lipinski definition) is 4. The molecule has 6 nitrogen and oxygen atoms in total. The molecule has 148 valence electrons. The average molecular weight is 410 g/mol. The summed E-state index contributed by atoms with van der Waals surface area (Å²) in [6, 6.07) is 21.2. The summed E-state index contributed by atoms with van der Waals surface area (Å²) in [5.41, 5.74) is 0. The number of phenols is 4. The molecule has 0 amide bonds. The fourth-order valence-electron chi connectivity index (χ4n) is 2.63. The third-order valence-electron chi connectivity index (χ3n) is 4.17. The van der Waals surface area contributed by atoms with Gasteiger partial charge in [0.15, 0.2) is 11.5 Å². The minimum absolute atomic E-state index is 0.00894. The highest BCUT2D eigenvalue weighted by Gasteiger charge is 2.17. The average Bonchev–Trinajstić information content (AvgIpc) is 2.72. The molecule has 0 spiro atoms. The molecular formula is C22H18O6S.